The van der Waals surface area contributed by atoms with Crippen LogP contribution in [0, 0.1) is 3.57 Å². The van der Waals surface area contributed by atoms with Crippen molar-refractivity contribution in [1.82, 2.24) is 14.9 Å². The highest BCUT2D eigenvalue weighted by Gasteiger charge is 2.13. The molecule has 21 heavy (non-hydrogen) atoms. The number of fused-ring (bicyclic) bond motifs is 1. The first-order valence-corrected chi connectivity index (χ1v) is 8.39. The molecule has 0 saturated heterocycles. The minimum atomic E-state index is -0.0102. The predicted octanol–water partition coefficient (Wildman–Crippen LogP) is 2.80. The van der Waals surface area contributed by atoms with Gasteiger partial charge in [-0.2, -0.15) is 0 Å². The van der Waals surface area contributed by atoms with Crippen LogP contribution in [0.25, 0.3) is 0 Å². The first-order chi connectivity index (χ1) is 10.2. The van der Waals surface area contributed by atoms with E-state index in [4.69, 9.17) is 0 Å². The standard InChI is InChI=1S/C16H18IN3O/c17-14-6-2-1-5-13(14)16(21)18-9-8-12-11-20-10-4-3-7-15(20)19-12/h1-2,5-6,11H,3-4,7-10H2,(H,18,21). The van der Waals surface area contributed by atoms with Crippen LogP contribution in [0.15, 0.2) is 30.5 Å². The van der Waals surface area contributed by atoms with Gasteiger partial charge in [-0.05, 0) is 47.6 Å². The van der Waals surface area contributed by atoms with Gasteiger partial charge in [-0.1, -0.05) is 12.1 Å². The maximum absolute atomic E-state index is 12.1. The summed E-state index contributed by atoms with van der Waals surface area (Å²) in [6.45, 7) is 1.71. The van der Waals surface area contributed by atoms with E-state index in [1.165, 1.54) is 18.7 Å². The molecule has 2 aromatic rings. The third-order valence-electron chi connectivity index (χ3n) is 3.74. The van der Waals surface area contributed by atoms with Gasteiger partial charge in [0, 0.05) is 35.7 Å². The third kappa shape index (κ3) is 3.45. The van der Waals surface area contributed by atoms with Gasteiger partial charge in [-0.15, -0.1) is 0 Å². The molecule has 1 N–H and O–H groups in total. The number of imidazole rings is 1. The molecular weight excluding hydrogens is 377 g/mol. The Balaban J connectivity index is 1.55. The Hall–Kier alpha value is -1.37. The summed E-state index contributed by atoms with van der Waals surface area (Å²) < 4.78 is 3.23. The molecule has 0 unspecified atom stereocenters. The first-order valence-electron chi connectivity index (χ1n) is 7.32. The molecule has 0 atom stereocenters. The third-order valence-corrected chi connectivity index (χ3v) is 4.68. The number of carbonyl (C=O) groups is 1. The Morgan fingerprint density at radius 1 is 1.33 bits per heavy atom. The van der Waals surface area contributed by atoms with E-state index in [0.29, 0.717) is 6.54 Å². The molecule has 3 rings (SSSR count). The number of nitrogens with one attached hydrogen (secondary N) is 1. The second kappa shape index (κ2) is 6.60. The molecule has 0 spiro atoms. The Labute approximate surface area is 138 Å². The SMILES string of the molecule is O=C(NCCc1cn2c(n1)CCCC2)c1ccccc1I. The van der Waals surface area contributed by atoms with Crippen LogP contribution in [0.2, 0.25) is 0 Å². The van der Waals surface area contributed by atoms with Crippen LogP contribution in [0.5, 0.6) is 0 Å². The smallest absolute Gasteiger partial charge is 0.252 e. The molecule has 2 heterocycles. The largest absolute Gasteiger partial charge is 0.352 e. The summed E-state index contributed by atoms with van der Waals surface area (Å²) in [7, 11) is 0. The Kier molecular flexibility index (Phi) is 4.57. The van der Waals surface area contributed by atoms with E-state index < -0.39 is 0 Å². The highest BCUT2D eigenvalue weighted by Crippen LogP contribution is 2.15. The van der Waals surface area contributed by atoms with Gasteiger partial charge in [0.1, 0.15) is 5.82 Å². The Morgan fingerprint density at radius 2 is 2.19 bits per heavy atom. The summed E-state index contributed by atoms with van der Waals surface area (Å²) in [5, 5.41) is 2.98. The molecule has 1 aliphatic rings. The van der Waals surface area contributed by atoms with E-state index in [0.717, 1.165) is 34.2 Å². The highest BCUT2D eigenvalue weighted by molar-refractivity contribution is 14.1. The molecule has 4 nitrogen and oxygen atoms in total. The van der Waals surface area contributed by atoms with Gasteiger partial charge in [0.05, 0.1) is 11.3 Å². The number of nitrogens with zero attached hydrogens (tertiary/aromatic N) is 2. The van der Waals surface area contributed by atoms with Gasteiger partial charge >= 0.3 is 0 Å². The number of halogens is 1. The van der Waals surface area contributed by atoms with E-state index in [9.17, 15) is 4.79 Å². The zero-order valence-electron chi connectivity index (χ0n) is 11.8. The number of benzene rings is 1. The van der Waals surface area contributed by atoms with Crippen LogP contribution in [-0.2, 0) is 19.4 Å². The van der Waals surface area contributed by atoms with Crippen LogP contribution >= 0.6 is 22.6 Å². The molecule has 1 aromatic carbocycles. The van der Waals surface area contributed by atoms with Gasteiger partial charge < -0.3 is 9.88 Å². The summed E-state index contributed by atoms with van der Waals surface area (Å²) in [4.78, 5) is 16.8. The molecule has 0 fully saturated rings. The van der Waals surface area contributed by atoms with E-state index >= 15 is 0 Å². The van der Waals surface area contributed by atoms with Crippen molar-refractivity contribution in [2.75, 3.05) is 6.54 Å². The summed E-state index contributed by atoms with van der Waals surface area (Å²) >= 11 is 2.19. The minimum Gasteiger partial charge on any atom is -0.352 e. The Morgan fingerprint density at radius 3 is 3.00 bits per heavy atom. The fourth-order valence-corrected chi connectivity index (χ4v) is 3.27. The van der Waals surface area contributed by atoms with Crippen molar-refractivity contribution in [1.29, 1.82) is 0 Å². The summed E-state index contributed by atoms with van der Waals surface area (Å²) in [6.07, 6.45) is 6.47. The fraction of sp³-hybridized carbons (Fsp3) is 0.375. The zero-order chi connectivity index (χ0) is 14.7. The van der Waals surface area contributed by atoms with Crippen LogP contribution in [0.1, 0.15) is 34.7 Å². The quantitative estimate of drug-likeness (QED) is 0.810. The normalized spacial score (nSPS) is 13.8. The van der Waals surface area contributed by atoms with E-state index in [2.05, 4.69) is 43.7 Å². The van der Waals surface area contributed by atoms with Crippen molar-refractivity contribution in [3.05, 3.63) is 51.1 Å². The maximum Gasteiger partial charge on any atom is 0.252 e. The molecular formula is C16H18IN3O. The molecule has 0 radical (unpaired) electrons. The number of amides is 1. The molecule has 0 bridgehead atoms. The van der Waals surface area contributed by atoms with E-state index in [1.54, 1.807) is 0 Å². The van der Waals surface area contributed by atoms with Crippen LogP contribution < -0.4 is 5.32 Å². The lowest BCUT2D eigenvalue weighted by atomic mass is 10.2. The number of hydrogen-bond donors (Lipinski definition) is 1. The average Bonchev–Trinajstić information content (AvgIpc) is 2.90. The van der Waals surface area contributed by atoms with Crippen LogP contribution in [0.3, 0.4) is 0 Å². The Bertz CT molecular complexity index is 627. The van der Waals surface area contributed by atoms with Crippen molar-refractivity contribution in [2.45, 2.75) is 32.2 Å². The number of aryl methyl sites for hydroxylation is 2. The molecule has 1 aliphatic heterocycles. The second-order valence-electron chi connectivity index (χ2n) is 5.28. The summed E-state index contributed by atoms with van der Waals surface area (Å²) in [5.41, 5.74) is 1.82. The summed E-state index contributed by atoms with van der Waals surface area (Å²) in [6, 6.07) is 7.63. The second-order valence-corrected chi connectivity index (χ2v) is 6.45. The van der Waals surface area contributed by atoms with Crippen molar-refractivity contribution < 1.29 is 4.79 Å². The van der Waals surface area contributed by atoms with Crippen molar-refractivity contribution in [3.8, 4) is 0 Å². The lowest BCUT2D eigenvalue weighted by Gasteiger charge is -2.11. The molecule has 1 amide bonds. The van der Waals surface area contributed by atoms with E-state index in [1.807, 2.05) is 24.3 Å². The number of hydrogen-bond acceptors (Lipinski definition) is 2. The fourth-order valence-electron chi connectivity index (χ4n) is 2.64. The molecule has 0 saturated carbocycles. The topological polar surface area (TPSA) is 46.9 Å². The van der Waals surface area contributed by atoms with Crippen molar-refractivity contribution >= 4 is 28.5 Å². The van der Waals surface area contributed by atoms with Crippen LogP contribution in [-0.4, -0.2) is 22.0 Å². The first kappa shape index (κ1) is 14.6. The molecule has 5 heteroatoms. The monoisotopic (exact) mass is 395 g/mol. The zero-order valence-corrected chi connectivity index (χ0v) is 14.0. The van der Waals surface area contributed by atoms with Gasteiger partial charge in [0.2, 0.25) is 0 Å². The molecule has 0 aliphatic carbocycles. The summed E-state index contributed by atoms with van der Waals surface area (Å²) in [5.74, 6) is 1.18. The lowest BCUT2D eigenvalue weighted by Crippen LogP contribution is -2.26. The van der Waals surface area contributed by atoms with Gasteiger partial charge in [0.15, 0.2) is 0 Å². The molecule has 110 valence electrons. The van der Waals surface area contributed by atoms with E-state index in [-0.39, 0.29) is 5.91 Å². The van der Waals surface area contributed by atoms with Gasteiger partial charge in [-0.3, -0.25) is 4.79 Å². The minimum absolute atomic E-state index is 0.0102. The number of carbonyl (C=O) groups excluding carboxylic acids is 1. The van der Waals surface area contributed by atoms with Gasteiger partial charge in [-0.25, -0.2) is 4.98 Å². The number of aromatic nitrogens is 2. The maximum atomic E-state index is 12.1. The van der Waals surface area contributed by atoms with Crippen molar-refractivity contribution in [2.24, 2.45) is 0 Å². The number of rotatable bonds is 4. The predicted molar refractivity (Wildman–Crippen MR) is 90.4 cm³/mol. The average molecular weight is 395 g/mol. The van der Waals surface area contributed by atoms with Crippen molar-refractivity contribution in [3.63, 3.8) is 0 Å². The lowest BCUT2D eigenvalue weighted by molar-refractivity contribution is 0.0953. The highest BCUT2D eigenvalue weighted by atomic mass is 127. The molecule has 1 aromatic heterocycles. The van der Waals surface area contributed by atoms with Gasteiger partial charge in [0.25, 0.3) is 5.91 Å². The van der Waals surface area contributed by atoms with Crippen LogP contribution in [0.4, 0.5) is 0 Å².